The van der Waals surface area contributed by atoms with Crippen molar-refractivity contribution in [3.05, 3.63) is 0 Å². The molecule has 1 atom stereocenters. The maximum absolute atomic E-state index is 11.4. The van der Waals surface area contributed by atoms with Gasteiger partial charge in [0, 0.05) is 12.6 Å². The average Bonchev–Trinajstić information content (AvgIpc) is 2.70. The minimum Gasteiger partial charge on any atom is -0.465 e. The highest BCUT2D eigenvalue weighted by molar-refractivity contribution is 5.85. The van der Waals surface area contributed by atoms with Crippen molar-refractivity contribution in [2.75, 3.05) is 32.8 Å². The van der Waals surface area contributed by atoms with Crippen LogP contribution in [0.4, 0.5) is 0 Å². The van der Waals surface area contributed by atoms with Crippen molar-refractivity contribution in [3.8, 4) is 0 Å². The van der Waals surface area contributed by atoms with Crippen LogP contribution in [0.3, 0.4) is 0 Å². The standard InChI is InChI=1S/C11H22N2O2.ClH/c1-3-7-13(9-11(14)15-4-2)10-5-6-12-8-10;/h10,12H,3-9H2,1-2H3;1H. The first-order chi connectivity index (χ1) is 7.27. The zero-order valence-electron chi connectivity index (χ0n) is 10.2. The largest absolute Gasteiger partial charge is 0.465 e. The van der Waals surface area contributed by atoms with E-state index in [2.05, 4.69) is 17.1 Å². The Balaban J connectivity index is 0.00000225. The van der Waals surface area contributed by atoms with Crippen molar-refractivity contribution in [1.29, 1.82) is 0 Å². The molecule has 0 saturated carbocycles. The van der Waals surface area contributed by atoms with Crippen LogP contribution in [0, 0.1) is 0 Å². The molecule has 0 aromatic carbocycles. The molecule has 1 unspecified atom stereocenters. The maximum atomic E-state index is 11.4. The van der Waals surface area contributed by atoms with E-state index in [1.165, 1.54) is 0 Å². The number of ether oxygens (including phenoxy) is 1. The molecule has 4 nitrogen and oxygen atoms in total. The maximum Gasteiger partial charge on any atom is 0.320 e. The quantitative estimate of drug-likeness (QED) is 0.716. The summed E-state index contributed by atoms with van der Waals surface area (Å²) < 4.78 is 4.98. The van der Waals surface area contributed by atoms with E-state index in [0.717, 1.165) is 32.5 Å². The summed E-state index contributed by atoms with van der Waals surface area (Å²) >= 11 is 0. The average molecular weight is 251 g/mol. The number of carbonyl (C=O) groups is 1. The first-order valence-corrected chi connectivity index (χ1v) is 5.88. The Morgan fingerprint density at radius 3 is 2.75 bits per heavy atom. The third kappa shape index (κ3) is 5.14. The predicted octanol–water partition coefficient (Wildman–Crippen LogP) is 1.05. The third-order valence-corrected chi connectivity index (χ3v) is 2.70. The van der Waals surface area contributed by atoms with Crippen molar-refractivity contribution in [3.63, 3.8) is 0 Å². The molecule has 0 radical (unpaired) electrons. The normalized spacial score (nSPS) is 19.6. The summed E-state index contributed by atoms with van der Waals surface area (Å²) in [5.74, 6) is -0.0992. The Kier molecular flexibility index (Phi) is 8.61. The molecule has 1 aliphatic heterocycles. The number of halogens is 1. The minimum absolute atomic E-state index is 0. The van der Waals surface area contributed by atoms with Gasteiger partial charge in [0.2, 0.25) is 0 Å². The Labute approximate surface area is 104 Å². The molecular weight excluding hydrogens is 228 g/mol. The SMILES string of the molecule is CCCN(CC(=O)OCC)C1CCNC1.Cl. The van der Waals surface area contributed by atoms with Crippen molar-refractivity contribution in [2.24, 2.45) is 0 Å². The van der Waals surface area contributed by atoms with Gasteiger partial charge in [-0.2, -0.15) is 0 Å². The highest BCUT2D eigenvalue weighted by Gasteiger charge is 2.23. The van der Waals surface area contributed by atoms with Gasteiger partial charge in [0.15, 0.2) is 0 Å². The van der Waals surface area contributed by atoms with Crippen LogP contribution >= 0.6 is 12.4 Å². The molecule has 1 rings (SSSR count). The summed E-state index contributed by atoms with van der Waals surface area (Å²) in [7, 11) is 0. The fourth-order valence-electron chi connectivity index (χ4n) is 2.00. The van der Waals surface area contributed by atoms with E-state index in [1.54, 1.807) is 0 Å². The van der Waals surface area contributed by atoms with E-state index in [4.69, 9.17) is 4.74 Å². The molecule has 0 amide bonds. The van der Waals surface area contributed by atoms with Crippen molar-refractivity contribution >= 4 is 18.4 Å². The summed E-state index contributed by atoms with van der Waals surface area (Å²) in [6.45, 7) is 7.94. The van der Waals surface area contributed by atoms with Crippen molar-refractivity contribution in [2.45, 2.75) is 32.7 Å². The van der Waals surface area contributed by atoms with E-state index >= 15 is 0 Å². The van der Waals surface area contributed by atoms with Crippen LogP contribution in [0.2, 0.25) is 0 Å². The van der Waals surface area contributed by atoms with Crippen LogP contribution in [0.5, 0.6) is 0 Å². The monoisotopic (exact) mass is 250 g/mol. The van der Waals surface area contributed by atoms with Gasteiger partial charge in [-0.25, -0.2) is 0 Å². The summed E-state index contributed by atoms with van der Waals surface area (Å²) in [5, 5.41) is 3.32. The molecule has 1 fully saturated rings. The molecule has 1 heterocycles. The van der Waals surface area contributed by atoms with Gasteiger partial charge >= 0.3 is 5.97 Å². The van der Waals surface area contributed by atoms with E-state index in [9.17, 15) is 4.79 Å². The van der Waals surface area contributed by atoms with Gasteiger partial charge < -0.3 is 10.1 Å². The smallest absolute Gasteiger partial charge is 0.320 e. The Bertz CT molecular complexity index is 196. The summed E-state index contributed by atoms with van der Waals surface area (Å²) in [5.41, 5.74) is 0. The predicted molar refractivity (Wildman–Crippen MR) is 67.0 cm³/mol. The number of hydrogen-bond acceptors (Lipinski definition) is 4. The fourth-order valence-corrected chi connectivity index (χ4v) is 2.00. The molecule has 0 aromatic rings. The van der Waals surface area contributed by atoms with Gasteiger partial charge in [-0.05, 0) is 32.9 Å². The molecule has 5 heteroatoms. The van der Waals surface area contributed by atoms with Crippen molar-refractivity contribution < 1.29 is 9.53 Å². The second-order valence-electron chi connectivity index (χ2n) is 3.92. The Morgan fingerprint density at radius 1 is 1.50 bits per heavy atom. The van der Waals surface area contributed by atoms with Gasteiger partial charge in [-0.1, -0.05) is 6.92 Å². The number of esters is 1. The van der Waals surface area contributed by atoms with Crippen LogP contribution in [0.25, 0.3) is 0 Å². The Morgan fingerprint density at radius 2 is 2.25 bits per heavy atom. The lowest BCUT2D eigenvalue weighted by atomic mass is 10.2. The second kappa shape index (κ2) is 8.79. The number of rotatable bonds is 6. The van der Waals surface area contributed by atoms with Gasteiger partial charge in [0.25, 0.3) is 0 Å². The summed E-state index contributed by atoms with van der Waals surface area (Å²) in [6, 6.07) is 0.509. The Hall–Kier alpha value is -0.320. The van der Waals surface area contributed by atoms with Gasteiger partial charge in [0.05, 0.1) is 13.2 Å². The zero-order valence-corrected chi connectivity index (χ0v) is 11.0. The van der Waals surface area contributed by atoms with Crippen molar-refractivity contribution in [1.82, 2.24) is 10.2 Å². The lowest BCUT2D eigenvalue weighted by Crippen LogP contribution is -2.41. The summed E-state index contributed by atoms with van der Waals surface area (Å²) in [4.78, 5) is 13.6. The van der Waals surface area contributed by atoms with Gasteiger partial charge in [0.1, 0.15) is 0 Å². The third-order valence-electron chi connectivity index (χ3n) is 2.70. The van der Waals surface area contributed by atoms with Crippen LogP contribution in [0.15, 0.2) is 0 Å². The molecule has 16 heavy (non-hydrogen) atoms. The number of hydrogen-bond donors (Lipinski definition) is 1. The number of nitrogens with zero attached hydrogens (tertiary/aromatic N) is 1. The minimum atomic E-state index is -0.0992. The number of nitrogens with one attached hydrogen (secondary N) is 1. The highest BCUT2D eigenvalue weighted by atomic mass is 35.5. The molecular formula is C11H23ClN2O2. The zero-order chi connectivity index (χ0) is 11.1. The first-order valence-electron chi connectivity index (χ1n) is 5.88. The molecule has 0 spiro atoms. The van der Waals surface area contributed by atoms with Crippen LogP contribution in [-0.4, -0.2) is 49.7 Å². The highest BCUT2D eigenvalue weighted by Crippen LogP contribution is 2.09. The van der Waals surface area contributed by atoms with Crippen LogP contribution < -0.4 is 5.32 Å². The second-order valence-corrected chi connectivity index (χ2v) is 3.92. The molecule has 1 N–H and O–H groups in total. The lowest BCUT2D eigenvalue weighted by molar-refractivity contribution is -0.145. The van der Waals surface area contributed by atoms with Gasteiger partial charge in [-0.3, -0.25) is 9.69 Å². The topological polar surface area (TPSA) is 41.6 Å². The molecule has 0 aliphatic carbocycles. The van der Waals surface area contributed by atoms with Crippen LogP contribution in [0.1, 0.15) is 26.7 Å². The molecule has 0 bridgehead atoms. The fraction of sp³-hybridized carbons (Fsp3) is 0.909. The lowest BCUT2D eigenvalue weighted by Gasteiger charge is -2.26. The van der Waals surface area contributed by atoms with Gasteiger partial charge in [-0.15, -0.1) is 12.4 Å². The number of carbonyl (C=O) groups excluding carboxylic acids is 1. The van der Waals surface area contributed by atoms with Crippen LogP contribution in [-0.2, 0) is 9.53 Å². The van der Waals surface area contributed by atoms with E-state index in [0.29, 0.717) is 19.2 Å². The van der Waals surface area contributed by atoms with E-state index in [-0.39, 0.29) is 18.4 Å². The van der Waals surface area contributed by atoms with E-state index < -0.39 is 0 Å². The molecule has 1 aliphatic rings. The molecule has 1 saturated heterocycles. The summed E-state index contributed by atoms with van der Waals surface area (Å²) in [6.07, 6.45) is 2.22. The first kappa shape index (κ1) is 15.7. The van der Waals surface area contributed by atoms with E-state index in [1.807, 2.05) is 6.92 Å². The molecule has 96 valence electrons. The molecule has 0 aromatic heterocycles.